The topological polar surface area (TPSA) is 64.3 Å². The first-order valence-electron chi connectivity index (χ1n) is 11.2. The van der Waals surface area contributed by atoms with Crippen molar-refractivity contribution < 1.29 is 23.4 Å². The molecule has 1 aliphatic carbocycles. The Morgan fingerprint density at radius 1 is 1.15 bits per heavy atom. The van der Waals surface area contributed by atoms with Gasteiger partial charge >= 0.3 is 5.97 Å². The van der Waals surface area contributed by atoms with Crippen LogP contribution in [0.25, 0.3) is 22.4 Å². The second kappa shape index (κ2) is 9.83. The van der Waals surface area contributed by atoms with E-state index >= 15 is 0 Å². The Bertz CT molecular complexity index is 1120. The summed E-state index contributed by atoms with van der Waals surface area (Å²) >= 11 is 0. The lowest BCUT2D eigenvalue weighted by Crippen LogP contribution is -2.34. The summed E-state index contributed by atoms with van der Waals surface area (Å²) in [5, 5.41) is 14.2. The van der Waals surface area contributed by atoms with E-state index in [1.807, 2.05) is 41.9 Å². The van der Waals surface area contributed by atoms with Gasteiger partial charge in [0.2, 0.25) is 0 Å². The van der Waals surface area contributed by atoms with Gasteiger partial charge in [-0.15, -0.1) is 0 Å². The van der Waals surface area contributed by atoms with Crippen LogP contribution in [0.1, 0.15) is 31.4 Å². The minimum atomic E-state index is -0.915. The minimum absolute atomic E-state index is 0.00576. The number of carboxylic acid groups (broad SMARTS) is 1. The van der Waals surface area contributed by atoms with Crippen LogP contribution in [-0.4, -0.2) is 34.1 Å². The molecule has 1 aromatic heterocycles. The molecule has 1 atom stereocenters. The van der Waals surface area contributed by atoms with Crippen LogP contribution in [0.5, 0.6) is 0 Å². The Balaban J connectivity index is 1.63. The summed E-state index contributed by atoms with van der Waals surface area (Å²) in [7, 11) is 1.44. The number of hydrogen-bond donors (Lipinski definition) is 1. The molecule has 1 heterocycles. The molecule has 174 valence electrons. The molecule has 2 aromatic carbocycles. The Labute approximate surface area is 192 Å². The number of nitrogens with zero attached hydrogens (tertiary/aromatic N) is 2. The Morgan fingerprint density at radius 3 is 2.45 bits per heavy atom. The molecule has 33 heavy (non-hydrogen) atoms. The van der Waals surface area contributed by atoms with Gasteiger partial charge in [-0.25, -0.2) is 13.6 Å². The van der Waals surface area contributed by atoms with Crippen LogP contribution in [-0.2, 0) is 16.1 Å². The normalized spacial score (nSPS) is 19.4. The summed E-state index contributed by atoms with van der Waals surface area (Å²) < 4.78 is 35.4. The third-order valence-corrected chi connectivity index (χ3v) is 6.70. The van der Waals surface area contributed by atoms with E-state index in [2.05, 4.69) is 0 Å². The maximum absolute atomic E-state index is 14.8. The number of benzene rings is 2. The summed E-state index contributed by atoms with van der Waals surface area (Å²) in [5.41, 5.74) is 3.34. The molecule has 1 aliphatic rings. The van der Waals surface area contributed by atoms with Gasteiger partial charge in [0.05, 0.1) is 0 Å². The monoisotopic (exact) mass is 454 g/mol. The van der Waals surface area contributed by atoms with Gasteiger partial charge in [0.1, 0.15) is 17.3 Å². The molecule has 0 radical (unpaired) electrons. The maximum Gasteiger partial charge on any atom is 0.333 e. The summed E-state index contributed by atoms with van der Waals surface area (Å²) in [6.45, 7) is 2.57. The molecule has 3 aromatic rings. The maximum atomic E-state index is 14.8. The van der Waals surface area contributed by atoms with E-state index in [0.717, 1.165) is 43.0 Å². The summed E-state index contributed by atoms with van der Waals surface area (Å²) in [4.78, 5) is 11.4. The molecular formula is C26H28F2N2O3. The van der Waals surface area contributed by atoms with E-state index in [9.17, 15) is 18.7 Å². The second-order valence-electron chi connectivity index (χ2n) is 8.76. The zero-order valence-corrected chi connectivity index (χ0v) is 18.8. The highest BCUT2D eigenvalue weighted by molar-refractivity contribution is 5.83. The molecule has 1 unspecified atom stereocenters. The lowest BCUT2D eigenvalue weighted by atomic mass is 9.79. The summed E-state index contributed by atoms with van der Waals surface area (Å²) in [6.07, 6.45) is 2.53. The van der Waals surface area contributed by atoms with Crippen LogP contribution in [0.3, 0.4) is 0 Å². The van der Waals surface area contributed by atoms with Gasteiger partial charge < -0.3 is 9.84 Å². The van der Waals surface area contributed by atoms with E-state index < -0.39 is 23.7 Å². The predicted octanol–water partition coefficient (Wildman–Crippen LogP) is 5.71. The van der Waals surface area contributed by atoms with Gasteiger partial charge in [-0.3, -0.25) is 4.68 Å². The molecule has 0 aliphatic heterocycles. The first-order valence-corrected chi connectivity index (χ1v) is 11.2. The first-order chi connectivity index (χ1) is 15.9. The van der Waals surface area contributed by atoms with E-state index in [0.29, 0.717) is 29.3 Å². The standard InChI is InChI=1S/C26H28F2N2O3/c1-16-23(21-13-12-20(27)14-22(21)28)24(18-6-4-3-5-7-18)29-30(16)15-17-8-10-19(11-9-17)25(33-2)26(31)32/h3-7,12-14,17,19,25H,8-11,15H2,1-2H3,(H,31,32)/t17-,19+,25?. The van der Waals surface area contributed by atoms with Crippen LogP contribution in [0, 0.1) is 30.4 Å². The number of carbonyl (C=O) groups is 1. The quantitative estimate of drug-likeness (QED) is 0.497. The lowest BCUT2D eigenvalue weighted by Gasteiger charge is -2.31. The van der Waals surface area contributed by atoms with Gasteiger partial charge in [-0.2, -0.15) is 5.10 Å². The molecule has 0 bridgehead atoms. The van der Waals surface area contributed by atoms with E-state index in [1.54, 1.807) is 0 Å². The summed E-state index contributed by atoms with van der Waals surface area (Å²) in [5.74, 6) is -1.81. The highest BCUT2D eigenvalue weighted by Crippen LogP contribution is 2.38. The molecule has 1 saturated carbocycles. The van der Waals surface area contributed by atoms with Crippen molar-refractivity contribution in [3.05, 3.63) is 65.9 Å². The Morgan fingerprint density at radius 2 is 1.85 bits per heavy atom. The number of methoxy groups -OCH3 is 1. The van der Waals surface area contributed by atoms with Crippen molar-refractivity contribution in [1.29, 1.82) is 0 Å². The molecule has 0 spiro atoms. The smallest absolute Gasteiger partial charge is 0.333 e. The highest BCUT2D eigenvalue weighted by atomic mass is 19.1. The molecule has 4 rings (SSSR count). The molecule has 0 saturated heterocycles. The van der Waals surface area contributed by atoms with Gasteiger partial charge in [0.15, 0.2) is 6.10 Å². The lowest BCUT2D eigenvalue weighted by molar-refractivity contribution is -0.153. The van der Waals surface area contributed by atoms with Crippen LogP contribution in [0.4, 0.5) is 8.78 Å². The second-order valence-corrected chi connectivity index (χ2v) is 8.76. The summed E-state index contributed by atoms with van der Waals surface area (Å²) in [6, 6.07) is 13.2. The predicted molar refractivity (Wildman–Crippen MR) is 122 cm³/mol. The number of aromatic nitrogens is 2. The van der Waals surface area contributed by atoms with Gasteiger partial charge in [-0.1, -0.05) is 30.3 Å². The average molecular weight is 455 g/mol. The van der Waals surface area contributed by atoms with Gasteiger partial charge in [0, 0.05) is 42.1 Å². The minimum Gasteiger partial charge on any atom is -0.479 e. The molecule has 1 fully saturated rings. The number of hydrogen-bond acceptors (Lipinski definition) is 3. The van der Waals surface area contributed by atoms with E-state index in [-0.39, 0.29) is 5.92 Å². The van der Waals surface area contributed by atoms with Crippen LogP contribution in [0.15, 0.2) is 48.5 Å². The molecule has 1 N–H and O–H groups in total. The number of rotatable bonds is 7. The number of halogens is 2. The third-order valence-electron chi connectivity index (χ3n) is 6.70. The van der Waals surface area contributed by atoms with Crippen molar-refractivity contribution in [1.82, 2.24) is 9.78 Å². The highest BCUT2D eigenvalue weighted by Gasteiger charge is 2.32. The molecule has 0 amide bonds. The van der Waals surface area contributed by atoms with Crippen molar-refractivity contribution in [3.8, 4) is 22.4 Å². The zero-order valence-electron chi connectivity index (χ0n) is 18.8. The fourth-order valence-electron chi connectivity index (χ4n) is 4.95. The molecule has 5 nitrogen and oxygen atoms in total. The number of aliphatic carboxylic acids is 1. The van der Waals surface area contributed by atoms with Crippen LogP contribution in [0.2, 0.25) is 0 Å². The van der Waals surface area contributed by atoms with E-state index in [1.165, 1.54) is 19.2 Å². The number of carboxylic acids is 1. The van der Waals surface area contributed by atoms with Gasteiger partial charge in [0.25, 0.3) is 0 Å². The fraction of sp³-hybridized carbons (Fsp3) is 0.385. The van der Waals surface area contributed by atoms with Crippen molar-refractivity contribution in [2.75, 3.05) is 7.11 Å². The molecular weight excluding hydrogens is 426 g/mol. The van der Waals surface area contributed by atoms with Crippen LogP contribution >= 0.6 is 0 Å². The third kappa shape index (κ3) is 4.83. The largest absolute Gasteiger partial charge is 0.479 e. The van der Waals surface area contributed by atoms with Crippen molar-refractivity contribution in [2.45, 2.75) is 45.3 Å². The zero-order chi connectivity index (χ0) is 23.5. The van der Waals surface area contributed by atoms with Crippen molar-refractivity contribution >= 4 is 5.97 Å². The van der Waals surface area contributed by atoms with E-state index in [4.69, 9.17) is 9.84 Å². The fourth-order valence-corrected chi connectivity index (χ4v) is 4.95. The SMILES string of the molecule is COC(C(=O)O)[C@H]1CC[C@@H](Cn2nc(-c3ccccc3)c(-c3ccc(F)cc3F)c2C)CC1. The van der Waals surface area contributed by atoms with Crippen molar-refractivity contribution in [3.63, 3.8) is 0 Å². The molecule has 7 heteroatoms. The van der Waals surface area contributed by atoms with Crippen LogP contribution < -0.4 is 0 Å². The van der Waals surface area contributed by atoms with Crippen molar-refractivity contribution in [2.24, 2.45) is 11.8 Å². The first kappa shape index (κ1) is 23.1. The Hall–Kier alpha value is -3.06. The Kier molecular flexibility index (Phi) is 6.88. The number of ether oxygens (including phenoxy) is 1. The average Bonchev–Trinajstić information content (AvgIpc) is 3.12. The van der Waals surface area contributed by atoms with Gasteiger partial charge in [-0.05, 0) is 56.6 Å².